The van der Waals surface area contributed by atoms with Gasteiger partial charge >= 0.3 is 5.97 Å². The molecular formula is C16H18FNO2. The number of carboxylic acid groups (broad SMARTS) is 1. The lowest BCUT2D eigenvalue weighted by atomic mass is 9.95. The van der Waals surface area contributed by atoms with E-state index in [0.29, 0.717) is 22.9 Å². The van der Waals surface area contributed by atoms with Crippen LogP contribution in [0.25, 0.3) is 10.9 Å². The molecule has 20 heavy (non-hydrogen) atoms. The minimum atomic E-state index is -1.02. The third-order valence-electron chi connectivity index (χ3n) is 3.49. The summed E-state index contributed by atoms with van der Waals surface area (Å²) >= 11 is 0. The summed E-state index contributed by atoms with van der Waals surface area (Å²) in [5.74, 6) is -1.44. The summed E-state index contributed by atoms with van der Waals surface area (Å²) in [4.78, 5) is 16.2. The summed E-state index contributed by atoms with van der Waals surface area (Å²) in [6.45, 7) is 5.69. The van der Waals surface area contributed by atoms with E-state index in [-0.39, 0.29) is 5.56 Å². The Hall–Kier alpha value is -1.97. The maximum atomic E-state index is 13.6. The van der Waals surface area contributed by atoms with Gasteiger partial charge in [-0.25, -0.2) is 9.18 Å². The van der Waals surface area contributed by atoms with Gasteiger partial charge in [-0.15, -0.1) is 0 Å². The van der Waals surface area contributed by atoms with Gasteiger partial charge < -0.3 is 5.11 Å². The van der Waals surface area contributed by atoms with Crippen LogP contribution in [0.2, 0.25) is 0 Å². The SMILES string of the molecule is CCCc1nc2c(C)cc(F)cc2c(C(=O)O)c1CC. The Morgan fingerprint density at radius 2 is 2.05 bits per heavy atom. The van der Waals surface area contributed by atoms with Crippen molar-refractivity contribution in [3.05, 3.63) is 40.3 Å². The maximum absolute atomic E-state index is 13.6. The standard InChI is InChI=1S/C16H18FNO2/c1-4-6-13-11(5-2)14(16(19)20)12-8-10(17)7-9(3)15(12)18-13/h7-8H,4-6H2,1-3H3,(H,19,20). The molecule has 0 aliphatic rings. The second kappa shape index (κ2) is 5.57. The molecule has 0 saturated heterocycles. The van der Waals surface area contributed by atoms with Crippen LogP contribution < -0.4 is 0 Å². The number of pyridine rings is 1. The average Bonchev–Trinajstić information content (AvgIpc) is 2.38. The van der Waals surface area contributed by atoms with Crippen LogP contribution in [0.5, 0.6) is 0 Å². The second-order valence-corrected chi connectivity index (χ2v) is 4.94. The molecule has 3 nitrogen and oxygen atoms in total. The first-order chi connectivity index (χ1) is 9.49. The molecule has 1 aromatic heterocycles. The molecule has 0 bridgehead atoms. The lowest BCUT2D eigenvalue weighted by Crippen LogP contribution is -2.10. The summed E-state index contributed by atoms with van der Waals surface area (Å²) in [7, 11) is 0. The van der Waals surface area contributed by atoms with Crippen molar-refractivity contribution < 1.29 is 14.3 Å². The number of benzene rings is 1. The van der Waals surface area contributed by atoms with Gasteiger partial charge in [0.25, 0.3) is 0 Å². The minimum absolute atomic E-state index is 0.198. The molecule has 2 aromatic rings. The van der Waals surface area contributed by atoms with Gasteiger partial charge in [0.05, 0.1) is 11.1 Å². The molecule has 1 heterocycles. The van der Waals surface area contributed by atoms with E-state index in [1.54, 1.807) is 6.92 Å². The molecule has 0 aliphatic heterocycles. The highest BCUT2D eigenvalue weighted by atomic mass is 19.1. The summed E-state index contributed by atoms with van der Waals surface area (Å²) < 4.78 is 13.6. The van der Waals surface area contributed by atoms with Crippen LogP contribution in [0.1, 0.15) is 47.4 Å². The van der Waals surface area contributed by atoms with Crippen LogP contribution in [-0.4, -0.2) is 16.1 Å². The molecule has 0 unspecified atom stereocenters. The number of carboxylic acids is 1. The largest absolute Gasteiger partial charge is 0.478 e. The highest BCUT2D eigenvalue weighted by molar-refractivity contribution is 6.04. The number of nitrogens with zero attached hydrogens (tertiary/aromatic N) is 1. The zero-order valence-corrected chi connectivity index (χ0v) is 12.0. The Morgan fingerprint density at radius 1 is 1.35 bits per heavy atom. The molecule has 106 valence electrons. The topological polar surface area (TPSA) is 50.2 Å². The van der Waals surface area contributed by atoms with Crippen molar-refractivity contribution >= 4 is 16.9 Å². The lowest BCUT2D eigenvalue weighted by molar-refractivity contribution is 0.0697. The van der Waals surface area contributed by atoms with Crippen LogP contribution in [0.4, 0.5) is 4.39 Å². The van der Waals surface area contributed by atoms with Crippen LogP contribution >= 0.6 is 0 Å². The van der Waals surface area contributed by atoms with Crippen LogP contribution in [0.3, 0.4) is 0 Å². The number of fused-ring (bicyclic) bond motifs is 1. The molecule has 2 rings (SSSR count). The van der Waals surface area contributed by atoms with Crippen molar-refractivity contribution in [2.75, 3.05) is 0 Å². The number of aromatic nitrogens is 1. The molecular weight excluding hydrogens is 257 g/mol. The predicted molar refractivity (Wildman–Crippen MR) is 76.8 cm³/mol. The van der Waals surface area contributed by atoms with Crippen molar-refractivity contribution in [2.24, 2.45) is 0 Å². The van der Waals surface area contributed by atoms with Gasteiger partial charge in [0, 0.05) is 11.1 Å². The Labute approximate surface area is 117 Å². The van der Waals surface area contributed by atoms with E-state index in [2.05, 4.69) is 4.98 Å². The Bertz CT molecular complexity index is 680. The minimum Gasteiger partial charge on any atom is -0.478 e. The monoisotopic (exact) mass is 275 g/mol. The smallest absolute Gasteiger partial charge is 0.336 e. The molecule has 0 atom stereocenters. The molecule has 0 spiro atoms. The van der Waals surface area contributed by atoms with Gasteiger partial charge in [0.1, 0.15) is 5.82 Å². The summed E-state index contributed by atoms with van der Waals surface area (Å²) in [6.07, 6.45) is 2.20. The average molecular weight is 275 g/mol. The van der Waals surface area contributed by atoms with Gasteiger partial charge in [-0.2, -0.15) is 0 Å². The maximum Gasteiger partial charge on any atom is 0.336 e. The van der Waals surface area contributed by atoms with Gasteiger partial charge in [0.2, 0.25) is 0 Å². The third kappa shape index (κ3) is 2.38. The number of carbonyl (C=O) groups is 1. The van der Waals surface area contributed by atoms with E-state index in [1.165, 1.54) is 12.1 Å². The molecule has 0 radical (unpaired) electrons. The van der Waals surface area contributed by atoms with Crippen molar-refractivity contribution in [2.45, 2.75) is 40.0 Å². The van der Waals surface area contributed by atoms with Gasteiger partial charge in [-0.1, -0.05) is 20.3 Å². The molecule has 1 N–H and O–H groups in total. The quantitative estimate of drug-likeness (QED) is 0.920. The van der Waals surface area contributed by atoms with Crippen LogP contribution in [-0.2, 0) is 12.8 Å². The van der Waals surface area contributed by atoms with Crippen molar-refractivity contribution in [3.63, 3.8) is 0 Å². The van der Waals surface area contributed by atoms with E-state index in [0.717, 1.165) is 24.1 Å². The summed E-state index contributed by atoms with van der Waals surface area (Å²) in [6, 6.07) is 2.66. The van der Waals surface area contributed by atoms with Crippen molar-refractivity contribution in [1.29, 1.82) is 0 Å². The van der Waals surface area contributed by atoms with E-state index in [1.807, 2.05) is 13.8 Å². The number of hydrogen-bond acceptors (Lipinski definition) is 2. The van der Waals surface area contributed by atoms with Crippen LogP contribution in [0, 0.1) is 12.7 Å². The molecule has 0 saturated carbocycles. The van der Waals surface area contributed by atoms with Crippen molar-refractivity contribution in [3.8, 4) is 0 Å². The Kier molecular flexibility index (Phi) is 4.02. The van der Waals surface area contributed by atoms with Crippen molar-refractivity contribution in [1.82, 2.24) is 4.98 Å². The number of aromatic carboxylic acids is 1. The number of rotatable bonds is 4. The Morgan fingerprint density at radius 3 is 2.60 bits per heavy atom. The van der Waals surface area contributed by atoms with E-state index in [9.17, 15) is 14.3 Å². The van der Waals surface area contributed by atoms with Crippen LogP contribution in [0.15, 0.2) is 12.1 Å². The first kappa shape index (κ1) is 14.4. The zero-order chi connectivity index (χ0) is 14.9. The first-order valence-corrected chi connectivity index (χ1v) is 6.84. The first-order valence-electron chi connectivity index (χ1n) is 6.84. The molecule has 0 fully saturated rings. The third-order valence-corrected chi connectivity index (χ3v) is 3.49. The molecule has 0 aliphatic carbocycles. The van der Waals surface area contributed by atoms with Gasteiger partial charge in [0.15, 0.2) is 0 Å². The molecule has 4 heteroatoms. The van der Waals surface area contributed by atoms with E-state index in [4.69, 9.17) is 0 Å². The lowest BCUT2D eigenvalue weighted by Gasteiger charge is -2.14. The Balaban J connectivity index is 2.94. The fraction of sp³-hybridized carbons (Fsp3) is 0.375. The fourth-order valence-corrected chi connectivity index (χ4v) is 2.65. The van der Waals surface area contributed by atoms with Gasteiger partial charge in [-0.05, 0) is 43.0 Å². The van der Waals surface area contributed by atoms with E-state index >= 15 is 0 Å². The van der Waals surface area contributed by atoms with Gasteiger partial charge in [-0.3, -0.25) is 4.98 Å². The summed E-state index contributed by atoms with van der Waals surface area (Å²) in [5.41, 5.74) is 2.99. The highest BCUT2D eigenvalue weighted by Gasteiger charge is 2.20. The number of aryl methyl sites for hydroxylation is 2. The second-order valence-electron chi connectivity index (χ2n) is 4.94. The van der Waals surface area contributed by atoms with E-state index < -0.39 is 11.8 Å². The summed E-state index contributed by atoms with van der Waals surface area (Å²) in [5, 5.41) is 9.91. The molecule has 0 amide bonds. The predicted octanol–water partition coefficient (Wildman–Crippen LogP) is 3.90. The molecule has 1 aromatic carbocycles. The fourth-order valence-electron chi connectivity index (χ4n) is 2.65. The number of halogens is 1. The number of hydrogen-bond donors (Lipinski definition) is 1. The normalized spacial score (nSPS) is 11.0. The highest BCUT2D eigenvalue weighted by Crippen LogP contribution is 2.28. The zero-order valence-electron chi connectivity index (χ0n) is 12.0.